The van der Waals surface area contributed by atoms with E-state index in [1.807, 2.05) is 11.6 Å². The van der Waals surface area contributed by atoms with Gasteiger partial charge < -0.3 is 15.1 Å². The van der Waals surface area contributed by atoms with E-state index >= 15 is 0 Å². The highest BCUT2D eigenvalue weighted by molar-refractivity contribution is 5.99. The van der Waals surface area contributed by atoms with E-state index in [-0.39, 0.29) is 6.10 Å². The van der Waals surface area contributed by atoms with Gasteiger partial charge in [0.05, 0.1) is 18.2 Å². The van der Waals surface area contributed by atoms with Gasteiger partial charge in [-0.25, -0.2) is 4.98 Å². The molecule has 1 aromatic rings. The maximum Gasteiger partial charge on any atom is 0.145 e. The molecule has 0 saturated carbocycles. The third kappa shape index (κ3) is 1.42. The molecule has 0 radical (unpaired) electrons. The number of rotatable bonds is 2. The Kier molecular flexibility index (Phi) is 2.02. The fourth-order valence-electron chi connectivity index (χ4n) is 1.34. The van der Waals surface area contributed by atoms with Crippen molar-refractivity contribution in [2.75, 3.05) is 6.54 Å². The van der Waals surface area contributed by atoms with E-state index in [0.29, 0.717) is 6.54 Å². The van der Waals surface area contributed by atoms with E-state index in [0.717, 1.165) is 17.8 Å². The Bertz CT molecular complexity index is 331. The van der Waals surface area contributed by atoms with Crippen LogP contribution in [0, 0.1) is 0 Å². The van der Waals surface area contributed by atoms with Gasteiger partial charge in [0, 0.05) is 20.0 Å². The second-order valence-electron chi connectivity index (χ2n) is 3.10. The molecule has 1 aromatic heterocycles. The van der Waals surface area contributed by atoms with Crippen LogP contribution in [0.4, 0.5) is 0 Å². The molecule has 2 heterocycles. The van der Waals surface area contributed by atoms with Crippen LogP contribution in [0.1, 0.15) is 12.1 Å². The van der Waals surface area contributed by atoms with Crippen LogP contribution in [-0.2, 0) is 11.9 Å². The fourth-order valence-corrected chi connectivity index (χ4v) is 1.34. The zero-order valence-corrected chi connectivity index (χ0v) is 7.47. The van der Waals surface area contributed by atoms with Gasteiger partial charge in [0.1, 0.15) is 11.8 Å². The van der Waals surface area contributed by atoms with Gasteiger partial charge in [-0.1, -0.05) is 5.16 Å². The zero-order valence-electron chi connectivity index (χ0n) is 7.47. The lowest BCUT2D eigenvalue weighted by molar-refractivity contribution is 0.0918. The van der Waals surface area contributed by atoms with Gasteiger partial charge in [0.2, 0.25) is 0 Å². The van der Waals surface area contributed by atoms with Crippen LogP contribution in [0.2, 0.25) is 0 Å². The predicted molar refractivity (Wildman–Crippen MR) is 48.3 cm³/mol. The Morgan fingerprint density at radius 1 is 1.77 bits per heavy atom. The molecule has 0 fully saturated rings. The molecule has 1 atom stereocenters. The number of hydrogen-bond acceptors (Lipinski definition) is 4. The molecule has 0 aromatic carbocycles. The van der Waals surface area contributed by atoms with Crippen LogP contribution >= 0.6 is 0 Å². The lowest BCUT2D eigenvalue weighted by atomic mass is 10.1. The topological polar surface area (TPSA) is 65.4 Å². The Morgan fingerprint density at radius 2 is 2.62 bits per heavy atom. The van der Waals surface area contributed by atoms with Crippen molar-refractivity contribution in [3.63, 3.8) is 0 Å². The minimum atomic E-state index is 0.0323. The molecule has 2 N–H and O–H groups in total. The van der Waals surface area contributed by atoms with Crippen LogP contribution in [0.5, 0.6) is 0 Å². The van der Waals surface area contributed by atoms with Crippen LogP contribution in [-0.4, -0.2) is 27.9 Å². The average Bonchev–Trinajstić information content (AvgIpc) is 2.71. The lowest BCUT2D eigenvalue weighted by Crippen LogP contribution is -2.20. The number of imidazole rings is 1. The van der Waals surface area contributed by atoms with Crippen molar-refractivity contribution in [1.29, 1.82) is 0 Å². The highest BCUT2D eigenvalue weighted by Crippen LogP contribution is 2.14. The van der Waals surface area contributed by atoms with Crippen molar-refractivity contribution >= 4 is 5.71 Å². The third-order valence-electron chi connectivity index (χ3n) is 2.11. The first-order chi connectivity index (χ1) is 6.31. The lowest BCUT2D eigenvalue weighted by Gasteiger charge is -2.02. The summed E-state index contributed by atoms with van der Waals surface area (Å²) in [6, 6.07) is 0. The van der Waals surface area contributed by atoms with Gasteiger partial charge in [0.25, 0.3) is 0 Å². The van der Waals surface area contributed by atoms with Crippen molar-refractivity contribution < 1.29 is 4.84 Å². The smallest absolute Gasteiger partial charge is 0.145 e. The Morgan fingerprint density at radius 3 is 3.15 bits per heavy atom. The van der Waals surface area contributed by atoms with E-state index in [2.05, 4.69) is 10.1 Å². The molecule has 5 heteroatoms. The Balaban J connectivity index is 2.16. The van der Waals surface area contributed by atoms with Crippen LogP contribution < -0.4 is 5.73 Å². The molecule has 1 unspecified atom stereocenters. The minimum Gasteiger partial charge on any atom is -0.390 e. The second kappa shape index (κ2) is 3.18. The summed E-state index contributed by atoms with van der Waals surface area (Å²) in [5.74, 6) is 0. The summed E-state index contributed by atoms with van der Waals surface area (Å²) in [4.78, 5) is 9.13. The number of aromatic nitrogens is 2. The molecule has 0 amide bonds. The Hall–Kier alpha value is -1.36. The number of nitrogens with zero attached hydrogens (tertiary/aromatic N) is 3. The van der Waals surface area contributed by atoms with E-state index in [1.165, 1.54) is 0 Å². The molecule has 2 rings (SSSR count). The SMILES string of the molecule is Cn1cncc1C1=NOC(CN)C1. The number of oxime groups is 1. The van der Waals surface area contributed by atoms with Crippen molar-refractivity contribution in [2.45, 2.75) is 12.5 Å². The van der Waals surface area contributed by atoms with E-state index in [9.17, 15) is 0 Å². The summed E-state index contributed by atoms with van der Waals surface area (Å²) in [5, 5.41) is 3.97. The van der Waals surface area contributed by atoms with Gasteiger partial charge in [-0.05, 0) is 0 Å². The maximum absolute atomic E-state index is 5.47. The highest BCUT2D eigenvalue weighted by Gasteiger charge is 2.22. The molecule has 0 saturated heterocycles. The zero-order chi connectivity index (χ0) is 9.26. The summed E-state index contributed by atoms with van der Waals surface area (Å²) >= 11 is 0. The molecule has 0 bridgehead atoms. The molecule has 1 aliphatic heterocycles. The number of nitrogens with two attached hydrogens (primary N) is 1. The molecule has 0 spiro atoms. The van der Waals surface area contributed by atoms with Crippen LogP contribution in [0.25, 0.3) is 0 Å². The Labute approximate surface area is 76.2 Å². The summed E-state index contributed by atoms with van der Waals surface area (Å²) in [5.41, 5.74) is 7.39. The van der Waals surface area contributed by atoms with Gasteiger partial charge in [-0.15, -0.1) is 0 Å². The quantitative estimate of drug-likeness (QED) is 0.689. The summed E-state index contributed by atoms with van der Waals surface area (Å²) < 4.78 is 1.92. The van der Waals surface area contributed by atoms with Crippen molar-refractivity contribution in [1.82, 2.24) is 9.55 Å². The monoisotopic (exact) mass is 180 g/mol. The molecule has 13 heavy (non-hydrogen) atoms. The van der Waals surface area contributed by atoms with Crippen LogP contribution in [0.15, 0.2) is 17.7 Å². The minimum absolute atomic E-state index is 0.0323. The van der Waals surface area contributed by atoms with Gasteiger partial charge in [0.15, 0.2) is 0 Å². The predicted octanol–water partition coefficient (Wildman–Crippen LogP) is -0.128. The van der Waals surface area contributed by atoms with E-state index in [1.54, 1.807) is 12.5 Å². The third-order valence-corrected chi connectivity index (χ3v) is 2.11. The summed E-state index contributed by atoms with van der Waals surface area (Å²) in [7, 11) is 1.93. The van der Waals surface area contributed by atoms with Crippen molar-refractivity contribution in [2.24, 2.45) is 17.9 Å². The van der Waals surface area contributed by atoms with E-state index < -0.39 is 0 Å². The highest BCUT2D eigenvalue weighted by atomic mass is 16.6. The van der Waals surface area contributed by atoms with Crippen LogP contribution in [0.3, 0.4) is 0 Å². The summed E-state index contributed by atoms with van der Waals surface area (Å²) in [6.45, 7) is 0.505. The molecule has 1 aliphatic rings. The molecular formula is C8H12N4O. The number of hydrogen-bond donors (Lipinski definition) is 1. The molecule has 5 nitrogen and oxygen atoms in total. The fraction of sp³-hybridized carbons (Fsp3) is 0.500. The second-order valence-corrected chi connectivity index (χ2v) is 3.10. The summed E-state index contributed by atoms with van der Waals surface area (Å²) in [6.07, 6.45) is 4.33. The first kappa shape index (κ1) is 8.25. The molecule has 70 valence electrons. The first-order valence-corrected chi connectivity index (χ1v) is 4.20. The normalized spacial score (nSPS) is 21.4. The number of aryl methyl sites for hydroxylation is 1. The standard InChI is InChI=1S/C8H12N4O/c1-12-5-10-4-8(12)7-2-6(3-9)13-11-7/h4-6H,2-3,9H2,1H3. The maximum atomic E-state index is 5.47. The molecular weight excluding hydrogens is 168 g/mol. The van der Waals surface area contributed by atoms with Gasteiger partial charge in [-0.3, -0.25) is 0 Å². The van der Waals surface area contributed by atoms with Gasteiger partial charge >= 0.3 is 0 Å². The van der Waals surface area contributed by atoms with E-state index in [4.69, 9.17) is 10.6 Å². The van der Waals surface area contributed by atoms with Crippen molar-refractivity contribution in [3.05, 3.63) is 18.2 Å². The molecule has 0 aliphatic carbocycles. The van der Waals surface area contributed by atoms with Gasteiger partial charge in [-0.2, -0.15) is 0 Å². The van der Waals surface area contributed by atoms with Crippen molar-refractivity contribution in [3.8, 4) is 0 Å². The first-order valence-electron chi connectivity index (χ1n) is 4.20. The largest absolute Gasteiger partial charge is 0.390 e. The average molecular weight is 180 g/mol.